The van der Waals surface area contributed by atoms with Crippen molar-refractivity contribution in [3.05, 3.63) is 75.3 Å². The van der Waals surface area contributed by atoms with E-state index in [4.69, 9.17) is 0 Å². The molecule has 9 heteroatoms. The Morgan fingerprint density at radius 3 is 2.34 bits per heavy atom. The molecule has 0 spiro atoms. The minimum atomic E-state index is -0.507. The summed E-state index contributed by atoms with van der Waals surface area (Å²) < 4.78 is 0.754. The third-order valence-corrected chi connectivity index (χ3v) is 6.19. The number of thioether (sulfide) groups is 1. The van der Waals surface area contributed by atoms with Gasteiger partial charge in [-0.15, -0.1) is 10.2 Å². The van der Waals surface area contributed by atoms with Crippen molar-refractivity contribution in [1.29, 1.82) is 0 Å². The van der Waals surface area contributed by atoms with E-state index in [2.05, 4.69) is 60.6 Å². The molecule has 0 aliphatic carbocycles. The first kappa shape index (κ1) is 20.9. The molecule has 3 aromatic rings. The second-order valence-electron chi connectivity index (χ2n) is 7.37. The van der Waals surface area contributed by atoms with Crippen LogP contribution in [0, 0.1) is 10.1 Å². The number of hydrogen-bond donors (Lipinski definition) is 1. The van der Waals surface area contributed by atoms with Gasteiger partial charge in [0.1, 0.15) is 0 Å². The van der Waals surface area contributed by atoms with Crippen molar-refractivity contribution < 1.29 is 9.72 Å². The van der Waals surface area contributed by atoms with Crippen molar-refractivity contribution in [3.63, 3.8) is 0 Å². The van der Waals surface area contributed by atoms with Crippen LogP contribution < -0.4 is 5.32 Å². The molecule has 2 aromatic carbocycles. The largest absolute Gasteiger partial charge is 0.296 e. The first-order valence-electron chi connectivity index (χ1n) is 8.84. The van der Waals surface area contributed by atoms with Crippen LogP contribution in [0.1, 0.15) is 42.3 Å². The van der Waals surface area contributed by atoms with E-state index in [0.717, 1.165) is 10.1 Å². The number of nitro benzene ring substituents is 1. The highest BCUT2D eigenvalue weighted by Crippen LogP contribution is 2.29. The maximum atomic E-state index is 12.2. The van der Waals surface area contributed by atoms with E-state index >= 15 is 0 Å². The lowest BCUT2D eigenvalue weighted by Gasteiger charge is -2.19. The Balaban J connectivity index is 1.56. The number of amides is 1. The van der Waals surface area contributed by atoms with Crippen LogP contribution >= 0.6 is 23.1 Å². The smallest absolute Gasteiger partial charge is 0.269 e. The Morgan fingerprint density at radius 1 is 1.10 bits per heavy atom. The van der Waals surface area contributed by atoms with Crippen LogP contribution in [0.25, 0.3) is 0 Å². The molecule has 0 aliphatic rings. The summed E-state index contributed by atoms with van der Waals surface area (Å²) in [6.45, 7) is 6.56. The standard InChI is InChI=1S/C20H20N4O3S2/c1-20(2,3)15-8-4-13(5-9-15)12-28-19-23-22-18(29-19)21-17(25)14-6-10-16(11-7-14)24(26)27/h4-11H,12H2,1-3H3,(H,21,22,25). The quantitative estimate of drug-likeness (QED) is 0.248. The average Bonchev–Trinajstić information content (AvgIpc) is 3.13. The molecule has 0 aliphatic heterocycles. The fraction of sp³-hybridized carbons (Fsp3) is 0.250. The lowest BCUT2D eigenvalue weighted by molar-refractivity contribution is -0.384. The van der Waals surface area contributed by atoms with E-state index in [9.17, 15) is 14.9 Å². The molecule has 150 valence electrons. The van der Waals surface area contributed by atoms with Crippen LogP contribution in [-0.4, -0.2) is 21.0 Å². The highest BCUT2D eigenvalue weighted by atomic mass is 32.2. The number of hydrogen-bond acceptors (Lipinski definition) is 7. The van der Waals surface area contributed by atoms with E-state index < -0.39 is 4.92 Å². The fourth-order valence-electron chi connectivity index (χ4n) is 2.47. The summed E-state index contributed by atoms with van der Waals surface area (Å²) in [5.74, 6) is 0.375. The molecule has 0 saturated heterocycles. The molecule has 1 N–H and O–H groups in total. The summed E-state index contributed by atoms with van der Waals surface area (Å²) in [4.78, 5) is 22.4. The summed E-state index contributed by atoms with van der Waals surface area (Å²) >= 11 is 2.85. The molecule has 1 heterocycles. The Kier molecular flexibility index (Phi) is 6.29. The zero-order chi connectivity index (χ0) is 21.0. The number of nitrogens with one attached hydrogen (secondary N) is 1. The third kappa shape index (κ3) is 5.61. The number of rotatable bonds is 6. The molecule has 1 aromatic heterocycles. The molecule has 7 nitrogen and oxygen atoms in total. The van der Waals surface area contributed by atoms with Crippen LogP contribution in [0.4, 0.5) is 10.8 Å². The second kappa shape index (κ2) is 8.71. The van der Waals surface area contributed by atoms with Gasteiger partial charge in [-0.25, -0.2) is 0 Å². The molecule has 29 heavy (non-hydrogen) atoms. The van der Waals surface area contributed by atoms with Gasteiger partial charge in [-0.2, -0.15) is 0 Å². The number of aromatic nitrogens is 2. The van der Waals surface area contributed by atoms with Gasteiger partial charge in [0.15, 0.2) is 4.34 Å². The zero-order valence-corrected chi connectivity index (χ0v) is 17.8. The summed E-state index contributed by atoms with van der Waals surface area (Å²) in [5, 5.41) is 21.8. The van der Waals surface area contributed by atoms with Gasteiger partial charge in [0.2, 0.25) is 5.13 Å². The highest BCUT2D eigenvalue weighted by Gasteiger charge is 2.14. The molecule has 0 radical (unpaired) electrons. The average molecular weight is 429 g/mol. The molecular weight excluding hydrogens is 408 g/mol. The third-order valence-electron chi connectivity index (χ3n) is 4.15. The van der Waals surface area contributed by atoms with Crippen LogP contribution in [0.15, 0.2) is 52.9 Å². The van der Waals surface area contributed by atoms with Crippen LogP contribution in [0.5, 0.6) is 0 Å². The van der Waals surface area contributed by atoms with Gasteiger partial charge in [0.25, 0.3) is 11.6 Å². The number of carbonyl (C=O) groups is 1. The number of benzene rings is 2. The summed E-state index contributed by atoms with van der Waals surface area (Å²) in [6.07, 6.45) is 0. The molecule has 0 atom stereocenters. The van der Waals surface area contributed by atoms with Gasteiger partial charge in [-0.3, -0.25) is 20.2 Å². The summed E-state index contributed by atoms with van der Waals surface area (Å²) in [5.41, 5.74) is 2.86. The van der Waals surface area contributed by atoms with Gasteiger partial charge < -0.3 is 0 Å². The van der Waals surface area contributed by atoms with Gasteiger partial charge in [-0.1, -0.05) is 68.1 Å². The summed E-state index contributed by atoms with van der Waals surface area (Å²) in [7, 11) is 0. The Labute approximate surface area is 176 Å². The van der Waals surface area contributed by atoms with E-state index in [-0.39, 0.29) is 17.0 Å². The Morgan fingerprint density at radius 2 is 1.76 bits per heavy atom. The minimum Gasteiger partial charge on any atom is -0.296 e. The van der Waals surface area contributed by atoms with Crippen LogP contribution in [-0.2, 0) is 11.2 Å². The van der Waals surface area contributed by atoms with Gasteiger partial charge >= 0.3 is 0 Å². The monoisotopic (exact) mass is 428 g/mol. The van der Waals surface area contributed by atoms with Crippen molar-refractivity contribution in [2.75, 3.05) is 5.32 Å². The fourth-order valence-corrected chi connectivity index (χ4v) is 4.17. The van der Waals surface area contributed by atoms with E-state index in [1.54, 1.807) is 11.8 Å². The molecule has 1 amide bonds. The number of nitro groups is 1. The maximum Gasteiger partial charge on any atom is 0.269 e. The predicted octanol–water partition coefficient (Wildman–Crippen LogP) is 5.29. The molecule has 3 rings (SSSR count). The number of non-ortho nitro benzene ring substituents is 1. The van der Waals surface area contributed by atoms with E-state index in [1.165, 1.54) is 46.7 Å². The minimum absolute atomic E-state index is 0.0633. The van der Waals surface area contributed by atoms with Gasteiger partial charge in [0, 0.05) is 23.4 Å². The topological polar surface area (TPSA) is 98.0 Å². The van der Waals surface area contributed by atoms with Gasteiger partial charge in [-0.05, 0) is 28.7 Å². The van der Waals surface area contributed by atoms with Crippen molar-refractivity contribution in [3.8, 4) is 0 Å². The number of carbonyl (C=O) groups excluding carboxylic acids is 1. The van der Waals surface area contributed by atoms with E-state index in [0.29, 0.717) is 10.7 Å². The first-order chi connectivity index (χ1) is 13.7. The van der Waals surface area contributed by atoms with Crippen molar-refractivity contribution in [2.24, 2.45) is 0 Å². The predicted molar refractivity (Wildman–Crippen MR) is 116 cm³/mol. The lowest BCUT2D eigenvalue weighted by Crippen LogP contribution is -2.11. The van der Waals surface area contributed by atoms with Crippen molar-refractivity contribution in [1.82, 2.24) is 10.2 Å². The second-order valence-corrected chi connectivity index (χ2v) is 9.57. The Bertz CT molecular complexity index is 1010. The molecule has 0 bridgehead atoms. The molecule has 0 saturated carbocycles. The number of nitrogens with zero attached hydrogens (tertiary/aromatic N) is 3. The molecule has 0 fully saturated rings. The Hall–Kier alpha value is -2.78. The summed E-state index contributed by atoms with van der Waals surface area (Å²) in [6, 6.07) is 13.9. The van der Waals surface area contributed by atoms with Crippen molar-refractivity contribution >= 4 is 39.8 Å². The highest BCUT2D eigenvalue weighted by molar-refractivity contribution is 8.00. The van der Waals surface area contributed by atoms with Crippen LogP contribution in [0.3, 0.4) is 0 Å². The first-order valence-corrected chi connectivity index (χ1v) is 10.6. The lowest BCUT2D eigenvalue weighted by atomic mass is 9.87. The normalized spacial score (nSPS) is 11.3. The SMILES string of the molecule is CC(C)(C)c1ccc(CSc2nnc(NC(=O)c3ccc([N+](=O)[O-])cc3)s2)cc1. The maximum absolute atomic E-state index is 12.2. The van der Waals surface area contributed by atoms with Crippen molar-refractivity contribution in [2.45, 2.75) is 36.3 Å². The number of anilines is 1. The van der Waals surface area contributed by atoms with E-state index in [1.807, 2.05) is 0 Å². The van der Waals surface area contributed by atoms with Crippen LogP contribution in [0.2, 0.25) is 0 Å². The molecule has 0 unspecified atom stereocenters. The zero-order valence-electron chi connectivity index (χ0n) is 16.2. The van der Waals surface area contributed by atoms with Gasteiger partial charge in [0.05, 0.1) is 4.92 Å². The molecular formula is C20H20N4O3S2.